The van der Waals surface area contributed by atoms with Crippen molar-refractivity contribution in [2.45, 2.75) is 0 Å². The molecule has 0 bridgehead atoms. The lowest BCUT2D eigenvalue weighted by Crippen LogP contribution is -2.22. The third-order valence-electron chi connectivity index (χ3n) is 1.31. The molecule has 1 aromatic heterocycles. The SMILES string of the molecule is CNC(=O)Oc1cccnc1N=C=S. The summed E-state index contributed by atoms with van der Waals surface area (Å²) in [4.78, 5) is 18.4. The first kappa shape index (κ1) is 10.3. The molecule has 0 saturated carbocycles. The highest BCUT2D eigenvalue weighted by Crippen LogP contribution is 2.23. The van der Waals surface area contributed by atoms with Crippen LogP contribution in [0.2, 0.25) is 0 Å². The number of nitrogens with one attached hydrogen (secondary N) is 1. The molecule has 0 unspecified atom stereocenters. The molecule has 0 aliphatic heterocycles. The first-order valence-electron chi connectivity index (χ1n) is 3.70. The van der Waals surface area contributed by atoms with Crippen LogP contribution in [0.25, 0.3) is 0 Å². The molecule has 0 spiro atoms. The highest BCUT2D eigenvalue weighted by molar-refractivity contribution is 7.78. The first-order chi connectivity index (χ1) is 6.77. The van der Waals surface area contributed by atoms with Crippen molar-refractivity contribution in [3.05, 3.63) is 18.3 Å². The molecular formula is C8H7N3O2S. The van der Waals surface area contributed by atoms with E-state index in [2.05, 4.69) is 32.7 Å². The number of aromatic nitrogens is 1. The zero-order valence-corrected chi connectivity index (χ0v) is 8.17. The van der Waals surface area contributed by atoms with E-state index in [1.807, 2.05) is 0 Å². The van der Waals surface area contributed by atoms with Crippen LogP contribution in [-0.4, -0.2) is 23.3 Å². The van der Waals surface area contributed by atoms with E-state index in [0.29, 0.717) is 0 Å². The summed E-state index contributed by atoms with van der Waals surface area (Å²) in [6, 6.07) is 3.19. The lowest BCUT2D eigenvalue weighted by atomic mass is 10.4. The van der Waals surface area contributed by atoms with Gasteiger partial charge in [-0.05, 0) is 24.4 Å². The molecule has 0 aromatic carbocycles. The Hall–Kier alpha value is -1.78. The molecule has 1 N–H and O–H groups in total. The van der Waals surface area contributed by atoms with Crippen molar-refractivity contribution in [1.29, 1.82) is 0 Å². The van der Waals surface area contributed by atoms with E-state index in [1.54, 1.807) is 12.1 Å². The van der Waals surface area contributed by atoms with Gasteiger partial charge in [0.1, 0.15) is 0 Å². The van der Waals surface area contributed by atoms with Crippen LogP contribution < -0.4 is 10.1 Å². The van der Waals surface area contributed by atoms with Crippen molar-refractivity contribution in [3.8, 4) is 5.75 Å². The van der Waals surface area contributed by atoms with Gasteiger partial charge >= 0.3 is 6.09 Å². The normalized spacial score (nSPS) is 8.64. The third kappa shape index (κ3) is 2.62. The van der Waals surface area contributed by atoms with Crippen LogP contribution in [0.5, 0.6) is 5.75 Å². The van der Waals surface area contributed by atoms with E-state index < -0.39 is 6.09 Å². The Morgan fingerprint density at radius 2 is 2.57 bits per heavy atom. The number of thiocarbonyl (C=S) groups is 1. The zero-order chi connectivity index (χ0) is 10.4. The number of pyridine rings is 1. The second-order valence-corrected chi connectivity index (χ2v) is 2.35. The van der Waals surface area contributed by atoms with Gasteiger partial charge < -0.3 is 10.1 Å². The number of isothiocyanates is 1. The summed E-state index contributed by atoms with van der Waals surface area (Å²) in [5.74, 6) is 0.468. The molecule has 1 amide bonds. The Kier molecular flexibility index (Phi) is 3.72. The fourth-order valence-electron chi connectivity index (χ4n) is 0.740. The molecule has 1 rings (SSSR count). The molecular weight excluding hydrogens is 202 g/mol. The minimum Gasteiger partial charge on any atom is -0.406 e. The Labute approximate surface area is 85.8 Å². The van der Waals surface area contributed by atoms with Gasteiger partial charge in [-0.3, -0.25) is 0 Å². The fourth-order valence-corrected chi connectivity index (χ4v) is 0.826. The quantitative estimate of drug-likeness (QED) is 0.592. The minimum absolute atomic E-state index is 0.228. The number of nitrogens with zero attached hydrogens (tertiary/aromatic N) is 2. The van der Waals surface area contributed by atoms with Crippen LogP contribution in [0.1, 0.15) is 0 Å². The molecule has 0 radical (unpaired) electrons. The molecule has 72 valence electrons. The van der Waals surface area contributed by atoms with Gasteiger partial charge in [0.25, 0.3) is 0 Å². The first-order valence-corrected chi connectivity index (χ1v) is 4.11. The van der Waals surface area contributed by atoms with Crippen LogP contribution in [0.3, 0.4) is 0 Å². The van der Waals surface area contributed by atoms with Crippen molar-refractivity contribution in [2.24, 2.45) is 4.99 Å². The fraction of sp³-hybridized carbons (Fsp3) is 0.125. The van der Waals surface area contributed by atoms with Crippen LogP contribution in [0.4, 0.5) is 10.6 Å². The molecule has 0 aliphatic carbocycles. The van der Waals surface area contributed by atoms with E-state index in [9.17, 15) is 4.79 Å². The second kappa shape index (κ2) is 5.06. The van der Waals surface area contributed by atoms with Crippen molar-refractivity contribution in [2.75, 3.05) is 7.05 Å². The van der Waals surface area contributed by atoms with Crippen LogP contribution >= 0.6 is 12.2 Å². The predicted octanol–water partition coefficient (Wildman–Crippen LogP) is 1.53. The van der Waals surface area contributed by atoms with E-state index in [1.165, 1.54) is 13.2 Å². The van der Waals surface area contributed by atoms with E-state index in [4.69, 9.17) is 4.74 Å². The van der Waals surface area contributed by atoms with Crippen molar-refractivity contribution in [3.63, 3.8) is 0 Å². The van der Waals surface area contributed by atoms with Crippen molar-refractivity contribution in [1.82, 2.24) is 10.3 Å². The number of aliphatic imine (C=N–C) groups is 1. The summed E-state index contributed by atoms with van der Waals surface area (Å²) in [6.45, 7) is 0. The van der Waals surface area contributed by atoms with Gasteiger partial charge in [-0.2, -0.15) is 4.99 Å². The third-order valence-corrected chi connectivity index (χ3v) is 1.40. The topological polar surface area (TPSA) is 63.6 Å². The van der Waals surface area contributed by atoms with Crippen LogP contribution in [0.15, 0.2) is 23.3 Å². The lowest BCUT2D eigenvalue weighted by molar-refractivity contribution is 0.203. The van der Waals surface area contributed by atoms with Crippen molar-refractivity contribution < 1.29 is 9.53 Å². The number of ether oxygens (including phenoxy) is 1. The summed E-state index contributed by atoms with van der Waals surface area (Å²) in [5.41, 5.74) is 0. The smallest absolute Gasteiger partial charge is 0.406 e. The number of rotatable bonds is 2. The summed E-state index contributed by atoms with van der Waals surface area (Å²) < 4.78 is 4.85. The number of carbonyl (C=O) groups excluding carboxylic acids is 1. The lowest BCUT2D eigenvalue weighted by Gasteiger charge is -2.03. The van der Waals surface area contributed by atoms with Gasteiger partial charge in [0.15, 0.2) is 5.75 Å². The van der Waals surface area contributed by atoms with E-state index in [-0.39, 0.29) is 11.6 Å². The second-order valence-electron chi connectivity index (χ2n) is 2.17. The van der Waals surface area contributed by atoms with Crippen LogP contribution in [0, 0.1) is 0 Å². The Morgan fingerprint density at radius 3 is 3.21 bits per heavy atom. The Bertz CT molecular complexity index is 388. The molecule has 0 atom stereocenters. The van der Waals surface area contributed by atoms with Gasteiger partial charge in [0.05, 0.1) is 5.16 Å². The molecule has 14 heavy (non-hydrogen) atoms. The molecule has 0 saturated heterocycles. The maximum atomic E-state index is 10.9. The van der Waals surface area contributed by atoms with Crippen molar-refractivity contribution >= 4 is 29.3 Å². The number of hydrogen-bond donors (Lipinski definition) is 1. The van der Waals surface area contributed by atoms with Gasteiger partial charge in [0, 0.05) is 13.2 Å². The monoisotopic (exact) mass is 209 g/mol. The maximum Gasteiger partial charge on any atom is 0.412 e. The number of hydrogen-bond acceptors (Lipinski definition) is 5. The van der Waals surface area contributed by atoms with Gasteiger partial charge in [-0.1, -0.05) is 0 Å². The summed E-state index contributed by atoms with van der Waals surface area (Å²) in [6.07, 6.45) is 0.932. The van der Waals surface area contributed by atoms with Gasteiger partial charge in [-0.15, -0.1) is 0 Å². The van der Waals surface area contributed by atoms with E-state index >= 15 is 0 Å². The highest BCUT2D eigenvalue weighted by atomic mass is 32.1. The summed E-state index contributed by atoms with van der Waals surface area (Å²) in [7, 11) is 1.46. The molecule has 1 heterocycles. The maximum absolute atomic E-state index is 10.9. The molecule has 1 aromatic rings. The van der Waals surface area contributed by atoms with Gasteiger partial charge in [0.2, 0.25) is 5.82 Å². The predicted molar refractivity (Wildman–Crippen MR) is 54.0 cm³/mol. The molecule has 0 fully saturated rings. The molecule has 5 nitrogen and oxygen atoms in total. The minimum atomic E-state index is -0.584. The number of carbonyl (C=O) groups is 1. The number of amides is 1. The van der Waals surface area contributed by atoms with E-state index in [0.717, 1.165) is 0 Å². The highest BCUT2D eigenvalue weighted by Gasteiger charge is 2.06. The largest absolute Gasteiger partial charge is 0.412 e. The Balaban J connectivity index is 2.95. The summed E-state index contributed by atoms with van der Waals surface area (Å²) >= 11 is 4.42. The summed E-state index contributed by atoms with van der Waals surface area (Å²) in [5, 5.41) is 4.46. The molecule has 6 heteroatoms. The van der Waals surface area contributed by atoms with Crippen LogP contribution in [-0.2, 0) is 0 Å². The zero-order valence-electron chi connectivity index (χ0n) is 7.35. The standard InChI is InChI=1S/C8H7N3O2S/c1-9-8(12)13-6-3-2-4-10-7(6)11-5-14/h2-4H,1H3,(H,9,12). The average Bonchev–Trinajstić information content (AvgIpc) is 2.21. The Morgan fingerprint density at radius 1 is 1.79 bits per heavy atom. The van der Waals surface area contributed by atoms with Gasteiger partial charge in [-0.25, -0.2) is 9.78 Å². The average molecular weight is 209 g/mol. The molecule has 0 aliphatic rings.